The maximum Gasteiger partial charge on any atom is 0.125 e. The number of nitrogens with one attached hydrogen (secondary N) is 1. The van der Waals surface area contributed by atoms with Crippen LogP contribution < -0.4 is 5.32 Å². The summed E-state index contributed by atoms with van der Waals surface area (Å²) in [7, 11) is 0. The number of aryl methyl sites for hydroxylation is 1. The fraction of sp³-hybridized carbons (Fsp3) is 0.294. The first-order valence-corrected chi connectivity index (χ1v) is 6.65. The highest BCUT2D eigenvalue weighted by Crippen LogP contribution is 2.27. The second kappa shape index (κ2) is 5.87. The molecule has 2 aromatic rings. The van der Waals surface area contributed by atoms with Crippen molar-refractivity contribution in [1.82, 2.24) is 0 Å². The van der Waals surface area contributed by atoms with Gasteiger partial charge < -0.3 is 5.32 Å². The monoisotopic (exact) mass is 257 g/mol. The van der Waals surface area contributed by atoms with E-state index in [-0.39, 0.29) is 11.9 Å². The Balaban J connectivity index is 2.27. The van der Waals surface area contributed by atoms with Crippen molar-refractivity contribution in [3.63, 3.8) is 0 Å². The molecule has 0 amide bonds. The Morgan fingerprint density at radius 1 is 1.00 bits per heavy atom. The summed E-state index contributed by atoms with van der Waals surface area (Å²) in [4.78, 5) is 0. The van der Waals surface area contributed by atoms with Gasteiger partial charge in [0.05, 0.1) is 6.04 Å². The van der Waals surface area contributed by atoms with Gasteiger partial charge in [-0.15, -0.1) is 0 Å². The average molecular weight is 257 g/mol. The fourth-order valence-corrected chi connectivity index (χ4v) is 2.29. The number of benzene rings is 2. The Morgan fingerprint density at radius 2 is 1.68 bits per heavy atom. The van der Waals surface area contributed by atoms with Crippen LogP contribution in [0.3, 0.4) is 0 Å². The number of hydrogen-bond acceptors (Lipinski definition) is 1. The van der Waals surface area contributed by atoms with Gasteiger partial charge in [-0.3, -0.25) is 0 Å². The van der Waals surface area contributed by atoms with E-state index in [1.807, 2.05) is 31.2 Å². The van der Waals surface area contributed by atoms with Gasteiger partial charge in [-0.25, -0.2) is 4.39 Å². The van der Waals surface area contributed by atoms with Gasteiger partial charge in [-0.05, 0) is 42.2 Å². The lowest BCUT2D eigenvalue weighted by Crippen LogP contribution is -2.16. The molecule has 1 nitrogen and oxygen atoms in total. The number of hydrogen-bond donors (Lipinski definition) is 1. The zero-order valence-corrected chi connectivity index (χ0v) is 11.7. The minimum atomic E-state index is -0.196. The molecule has 0 aliphatic carbocycles. The Labute approximate surface area is 114 Å². The molecule has 0 saturated carbocycles. The van der Waals surface area contributed by atoms with E-state index in [1.165, 1.54) is 11.6 Å². The maximum absolute atomic E-state index is 13.4. The van der Waals surface area contributed by atoms with Crippen molar-refractivity contribution in [2.45, 2.75) is 26.8 Å². The Hall–Kier alpha value is -1.83. The van der Waals surface area contributed by atoms with Crippen LogP contribution >= 0.6 is 0 Å². The Kier molecular flexibility index (Phi) is 4.20. The van der Waals surface area contributed by atoms with Crippen molar-refractivity contribution in [2.75, 3.05) is 5.32 Å². The third-order valence-electron chi connectivity index (χ3n) is 3.19. The molecule has 1 atom stereocenters. The summed E-state index contributed by atoms with van der Waals surface area (Å²) < 4.78 is 13.4. The van der Waals surface area contributed by atoms with Crippen molar-refractivity contribution in [1.29, 1.82) is 0 Å². The lowest BCUT2D eigenvalue weighted by atomic mass is 9.95. The van der Waals surface area contributed by atoms with Gasteiger partial charge in [0.2, 0.25) is 0 Å². The smallest absolute Gasteiger partial charge is 0.125 e. The van der Waals surface area contributed by atoms with Crippen molar-refractivity contribution >= 4 is 5.69 Å². The predicted molar refractivity (Wildman–Crippen MR) is 78.8 cm³/mol. The molecule has 1 N–H and O–H groups in total. The first-order valence-electron chi connectivity index (χ1n) is 6.65. The molecule has 2 aromatic carbocycles. The molecule has 0 aromatic heterocycles. The molecule has 0 heterocycles. The van der Waals surface area contributed by atoms with Gasteiger partial charge in [0.25, 0.3) is 0 Å². The molecule has 2 rings (SSSR count). The van der Waals surface area contributed by atoms with E-state index in [4.69, 9.17) is 0 Å². The van der Waals surface area contributed by atoms with Crippen LogP contribution in [-0.2, 0) is 0 Å². The molecular formula is C17H20FN. The summed E-state index contributed by atoms with van der Waals surface area (Å²) in [5.41, 5.74) is 2.98. The number of halogens is 1. The van der Waals surface area contributed by atoms with Crippen LogP contribution in [0, 0.1) is 18.7 Å². The van der Waals surface area contributed by atoms with Crippen LogP contribution in [0.15, 0.2) is 48.5 Å². The minimum Gasteiger partial charge on any atom is -0.378 e. The molecule has 0 bridgehead atoms. The maximum atomic E-state index is 13.4. The highest BCUT2D eigenvalue weighted by Gasteiger charge is 2.15. The molecule has 0 spiro atoms. The average Bonchev–Trinajstić information content (AvgIpc) is 2.35. The zero-order valence-electron chi connectivity index (χ0n) is 11.7. The second-order valence-electron chi connectivity index (χ2n) is 5.29. The largest absolute Gasteiger partial charge is 0.378 e. The summed E-state index contributed by atoms with van der Waals surface area (Å²) >= 11 is 0. The lowest BCUT2D eigenvalue weighted by Gasteiger charge is -2.24. The van der Waals surface area contributed by atoms with E-state index in [0.29, 0.717) is 5.92 Å². The Bertz CT molecular complexity index is 514. The number of rotatable bonds is 4. The SMILES string of the molecule is Cc1cc(F)cc(NC(c2ccccc2)C(C)C)c1. The minimum absolute atomic E-state index is 0.183. The molecule has 1 unspecified atom stereocenters. The summed E-state index contributed by atoms with van der Waals surface area (Å²) in [6, 6.07) is 15.5. The third-order valence-corrected chi connectivity index (χ3v) is 3.19. The zero-order chi connectivity index (χ0) is 13.8. The van der Waals surface area contributed by atoms with Crippen molar-refractivity contribution in [2.24, 2.45) is 5.92 Å². The molecule has 0 aliphatic rings. The predicted octanol–water partition coefficient (Wildman–Crippen LogP) is 4.94. The molecule has 0 radical (unpaired) electrons. The quantitative estimate of drug-likeness (QED) is 0.817. The normalized spacial score (nSPS) is 12.5. The first-order chi connectivity index (χ1) is 9.06. The highest BCUT2D eigenvalue weighted by molar-refractivity contribution is 5.48. The molecule has 100 valence electrons. The van der Waals surface area contributed by atoms with E-state index in [9.17, 15) is 4.39 Å². The molecule has 0 saturated heterocycles. The third kappa shape index (κ3) is 3.57. The van der Waals surface area contributed by atoms with E-state index >= 15 is 0 Å². The van der Waals surface area contributed by atoms with Gasteiger partial charge in [0, 0.05) is 5.69 Å². The van der Waals surface area contributed by atoms with Crippen LogP contribution in [0.2, 0.25) is 0 Å². The molecular weight excluding hydrogens is 237 g/mol. The van der Waals surface area contributed by atoms with E-state index < -0.39 is 0 Å². The van der Waals surface area contributed by atoms with Crippen LogP contribution in [0.5, 0.6) is 0 Å². The number of anilines is 1. The first kappa shape index (κ1) is 13.6. The van der Waals surface area contributed by atoms with Gasteiger partial charge in [0.1, 0.15) is 5.82 Å². The summed E-state index contributed by atoms with van der Waals surface area (Å²) in [6.07, 6.45) is 0. The van der Waals surface area contributed by atoms with Crippen molar-refractivity contribution < 1.29 is 4.39 Å². The van der Waals surface area contributed by atoms with Gasteiger partial charge in [0.15, 0.2) is 0 Å². The fourth-order valence-electron chi connectivity index (χ4n) is 2.29. The van der Waals surface area contributed by atoms with Crippen molar-refractivity contribution in [3.8, 4) is 0 Å². The van der Waals surface area contributed by atoms with Gasteiger partial charge in [-0.2, -0.15) is 0 Å². The summed E-state index contributed by atoms with van der Waals surface area (Å²) in [5, 5.41) is 3.44. The van der Waals surface area contributed by atoms with E-state index in [0.717, 1.165) is 11.3 Å². The van der Waals surface area contributed by atoms with Crippen LogP contribution in [0.4, 0.5) is 10.1 Å². The van der Waals surface area contributed by atoms with Crippen LogP contribution in [-0.4, -0.2) is 0 Å². The summed E-state index contributed by atoms with van der Waals surface area (Å²) in [5.74, 6) is 0.226. The summed E-state index contributed by atoms with van der Waals surface area (Å²) in [6.45, 7) is 6.23. The second-order valence-corrected chi connectivity index (χ2v) is 5.29. The Morgan fingerprint density at radius 3 is 2.26 bits per heavy atom. The molecule has 0 aliphatic heterocycles. The van der Waals surface area contributed by atoms with Crippen LogP contribution in [0.25, 0.3) is 0 Å². The topological polar surface area (TPSA) is 12.0 Å². The highest BCUT2D eigenvalue weighted by atomic mass is 19.1. The lowest BCUT2D eigenvalue weighted by molar-refractivity contribution is 0.545. The van der Waals surface area contributed by atoms with Gasteiger partial charge >= 0.3 is 0 Å². The van der Waals surface area contributed by atoms with Gasteiger partial charge in [-0.1, -0.05) is 44.2 Å². The molecule has 19 heavy (non-hydrogen) atoms. The molecule has 2 heteroatoms. The van der Waals surface area contributed by atoms with Crippen molar-refractivity contribution in [3.05, 3.63) is 65.5 Å². The van der Waals surface area contributed by atoms with E-state index in [2.05, 4.69) is 31.3 Å². The standard InChI is InChI=1S/C17H20FN/c1-12(2)17(14-7-5-4-6-8-14)19-16-10-13(3)9-15(18)11-16/h4-12,17,19H,1-3H3. The van der Waals surface area contributed by atoms with Crippen LogP contribution in [0.1, 0.15) is 31.0 Å². The molecule has 0 fully saturated rings. The van der Waals surface area contributed by atoms with E-state index in [1.54, 1.807) is 6.07 Å².